The van der Waals surface area contributed by atoms with Crippen LogP contribution < -0.4 is 0 Å². The summed E-state index contributed by atoms with van der Waals surface area (Å²) < 4.78 is 61.1. The van der Waals surface area contributed by atoms with Crippen molar-refractivity contribution in [1.82, 2.24) is 0 Å². The SMILES string of the molecule is Cc1ccc(S(=O)(=O)O)cc1.Cl.O=S(=O)(O)O. The molecule has 0 aliphatic carbocycles. The van der Waals surface area contributed by atoms with Crippen LogP contribution >= 0.6 is 12.4 Å². The summed E-state index contributed by atoms with van der Waals surface area (Å²) in [6.45, 7) is 1.84. The largest absolute Gasteiger partial charge is 0.394 e. The maximum atomic E-state index is 10.5. The number of hydrogen-bond acceptors (Lipinski definition) is 4. The van der Waals surface area contributed by atoms with E-state index in [1.807, 2.05) is 6.92 Å². The standard InChI is InChI=1S/C7H8O3S.ClH.H2O4S/c1-6-2-4-7(5-3-6)11(8,9)10;;1-5(2,3)4/h2-5H,1H3,(H,8,9,10);1H;(H2,1,2,3,4). The van der Waals surface area contributed by atoms with Gasteiger partial charge in [-0.25, -0.2) is 0 Å². The molecule has 100 valence electrons. The minimum absolute atomic E-state index is 0. The fraction of sp³-hybridized carbons (Fsp3) is 0.143. The van der Waals surface area contributed by atoms with E-state index in [2.05, 4.69) is 0 Å². The Morgan fingerprint density at radius 3 is 1.41 bits per heavy atom. The Balaban J connectivity index is 0. The molecule has 0 amide bonds. The molecule has 0 unspecified atom stereocenters. The Labute approximate surface area is 105 Å². The first-order valence-corrected chi connectivity index (χ1v) is 6.58. The van der Waals surface area contributed by atoms with Crippen molar-refractivity contribution in [1.29, 1.82) is 0 Å². The van der Waals surface area contributed by atoms with E-state index in [0.717, 1.165) is 5.56 Å². The Morgan fingerprint density at radius 1 is 0.882 bits per heavy atom. The second kappa shape index (κ2) is 6.89. The van der Waals surface area contributed by atoms with Crippen molar-refractivity contribution < 1.29 is 30.5 Å². The highest BCUT2D eigenvalue weighted by atomic mass is 35.5. The summed E-state index contributed by atoms with van der Waals surface area (Å²) in [5.41, 5.74) is 0.956. The van der Waals surface area contributed by atoms with E-state index in [1.165, 1.54) is 12.1 Å². The third-order valence-electron chi connectivity index (χ3n) is 1.32. The van der Waals surface area contributed by atoms with Crippen LogP contribution in [0.3, 0.4) is 0 Å². The van der Waals surface area contributed by atoms with Gasteiger partial charge in [0, 0.05) is 0 Å². The average molecular weight is 307 g/mol. The van der Waals surface area contributed by atoms with Gasteiger partial charge in [0.25, 0.3) is 10.1 Å². The van der Waals surface area contributed by atoms with E-state index >= 15 is 0 Å². The molecule has 0 radical (unpaired) electrons. The van der Waals surface area contributed by atoms with Crippen molar-refractivity contribution in [3.63, 3.8) is 0 Å². The molecule has 7 nitrogen and oxygen atoms in total. The summed E-state index contributed by atoms with van der Waals surface area (Å²) in [5, 5.41) is 0. The molecule has 0 bridgehead atoms. The van der Waals surface area contributed by atoms with Gasteiger partial charge in [-0.3, -0.25) is 13.7 Å². The van der Waals surface area contributed by atoms with E-state index in [1.54, 1.807) is 12.1 Å². The van der Waals surface area contributed by atoms with Gasteiger partial charge < -0.3 is 0 Å². The minimum Gasteiger partial charge on any atom is -0.282 e. The Morgan fingerprint density at radius 2 is 1.18 bits per heavy atom. The molecule has 1 aromatic carbocycles. The molecular formula is C7H11ClO7S2. The van der Waals surface area contributed by atoms with Crippen molar-refractivity contribution in [3.05, 3.63) is 29.8 Å². The maximum Gasteiger partial charge on any atom is 0.394 e. The molecule has 0 aliphatic heterocycles. The van der Waals surface area contributed by atoms with E-state index in [-0.39, 0.29) is 17.3 Å². The maximum absolute atomic E-state index is 10.5. The van der Waals surface area contributed by atoms with Gasteiger partial charge in [0.2, 0.25) is 0 Å². The van der Waals surface area contributed by atoms with Crippen LogP contribution in [0.5, 0.6) is 0 Å². The molecule has 0 aliphatic rings. The van der Waals surface area contributed by atoms with Crippen LogP contribution in [0.4, 0.5) is 0 Å². The first kappa shape index (κ1) is 18.6. The molecule has 0 aromatic heterocycles. The van der Waals surface area contributed by atoms with E-state index in [0.29, 0.717) is 0 Å². The quantitative estimate of drug-likeness (QED) is 0.660. The van der Waals surface area contributed by atoms with Crippen LogP contribution in [0.15, 0.2) is 29.2 Å². The van der Waals surface area contributed by atoms with E-state index < -0.39 is 20.5 Å². The van der Waals surface area contributed by atoms with Gasteiger partial charge in [-0.15, -0.1) is 12.4 Å². The summed E-state index contributed by atoms with van der Waals surface area (Å²) >= 11 is 0. The topological polar surface area (TPSA) is 129 Å². The lowest BCUT2D eigenvalue weighted by Crippen LogP contribution is -1.96. The molecule has 0 saturated heterocycles. The van der Waals surface area contributed by atoms with Gasteiger partial charge in [-0.2, -0.15) is 16.8 Å². The predicted molar refractivity (Wildman–Crippen MR) is 62.4 cm³/mol. The number of benzene rings is 1. The minimum atomic E-state index is -4.67. The molecule has 3 N–H and O–H groups in total. The highest BCUT2D eigenvalue weighted by molar-refractivity contribution is 7.85. The molecule has 10 heteroatoms. The van der Waals surface area contributed by atoms with Gasteiger partial charge in [0.05, 0.1) is 4.90 Å². The lowest BCUT2D eigenvalue weighted by atomic mass is 10.2. The highest BCUT2D eigenvalue weighted by Gasteiger charge is 2.06. The van der Waals surface area contributed by atoms with Crippen LogP contribution in [0.25, 0.3) is 0 Å². The lowest BCUT2D eigenvalue weighted by Gasteiger charge is -1.95. The summed E-state index contributed by atoms with van der Waals surface area (Å²) in [5.74, 6) is 0. The molecule has 0 heterocycles. The Bertz CT molecular complexity index is 524. The summed E-state index contributed by atoms with van der Waals surface area (Å²) in [7, 11) is -8.69. The lowest BCUT2D eigenvalue weighted by molar-refractivity contribution is 0.381. The van der Waals surface area contributed by atoms with Crippen LogP contribution in [-0.2, 0) is 20.5 Å². The Kier molecular flexibility index (Phi) is 7.56. The van der Waals surface area contributed by atoms with Crippen molar-refractivity contribution in [2.75, 3.05) is 0 Å². The molecule has 1 aromatic rings. The fourth-order valence-corrected chi connectivity index (χ4v) is 1.19. The Hall–Kier alpha value is -0.710. The summed E-state index contributed by atoms with van der Waals surface area (Å²) in [4.78, 5) is -0.0666. The zero-order chi connectivity index (χ0) is 13.0. The molecule has 0 atom stereocenters. The van der Waals surface area contributed by atoms with Crippen molar-refractivity contribution in [2.24, 2.45) is 0 Å². The third-order valence-corrected chi connectivity index (χ3v) is 2.19. The van der Waals surface area contributed by atoms with Crippen LogP contribution in [0, 0.1) is 6.92 Å². The van der Waals surface area contributed by atoms with Crippen LogP contribution in [0.2, 0.25) is 0 Å². The number of hydrogen-bond donors (Lipinski definition) is 3. The van der Waals surface area contributed by atoms with Gasteiger partial charge in [-0.1, -0.05) is 17.7 Å². The highest BCUT2D eigenvalue weighted by Crippen LogP contribution is 2.08. The van der Waals surface area contributed by atoms with Crippen molar-refractivity contribution in [3.8, 4) is 0 Å². The van der Waals surface area contributed by atoms with Crippen molar-refractivity contribution in [2.45, 2.75) is 11.8 Å². The average Bonchev–Trinajstić information content (AvgIpc) is 1.99. The number of aryl methyl sites for hydroxylation is 1. The molecule has 1 rings (SSSR count). The second-order valence-corrected chi connectivity index (χ2v) is 5.05. The second-order valence-electron chi connectivity index (χ2n) is 2.74. The van der Waals surface area contributed by atoms with Gasteiger partial charge >= 0.3 is 10.4 Å². The zero-order valence-corrected chi connectivity index (χ0v) is 11.0. The molecule has 0 saturated carbocycles. The van der Waals surface area contributed by atoms with E-state index in [4.69, 9.17) is 22.1 Å². The number of halogens is 1. The molecule has 17 heavy (non-hydrogen) atoms. The smallest absolute Gasteiger partial charge is 0.282 e. The van der Waals surface area contributed by atoms with Crippen LogP contribution in [0.1, 0.15) is 5.56 Å². The first-order chi connectivity index (χ1) is 7.00. The predicted octanol–water partition coefficient (Wildman–Crippen LogP) is 1.01. The van der Waals surface area contributed by atoms with Gasteiger partial charge in [-0.05, 0) is 19.1 Å². The first-order valence-electron chi connectivity index (χ1n) is 3.74. The number of rotatable bonds is 1. The molecular weight excluding hydrogens is 296 g/mol. The summed E-state index contributed by atoms with van der Waals surface area (Å²) in [6.07, 6.45) is 0. The molecule has 0 spiro atoms. The third kappa shape index (κ3) is 11.6. The fourth-order valence-electron chi connectivity index (χ4n) is 0.710. The zero-order valence-electron chi connectivity index (χ0n) is 8.51. The normalized spacial score (nSPS) is 10.8. The van der Waals surface area contributed by atoms with Crippen LogP contribution in [-0.4, -0.2) is 30.5 Å². The van der Waals surface area contributed by atoms with Crippen molar-refractivity contribution >= 4 is 32.9 Å². The van der Waals surface area contributed by atoms with Gasteiger partial charge in [0.1, 0.15) is 0 Å². The van der Waals surface area contributed by atoms with Gasteiger partial charge in [0.15, 0.2) is 0 Å². The van der Waals surface area contributed by atoms with E-state index in [9.17, 15) is 8.42 Å². The summed E-state index contributed by atoms with van der Waals surface area (Å²) in [6, 6.07) is 5.99. The molecule has 0 fully saturated rings. The monoisotopic (exact) mass is 306 g/mol.